The molecule has 0 aliphatic heterocycles. The summed E-state index contributed by atoms with van der Waals surface area (Å²) in [6, 6.07) is 7.95. The molecule has 0 aromatic heterocycles. The summed E-state index contributed by atoms with van der Waals surface area (Å²) in [5.41, 5.74) is 0.870. The number of hydrogen-bond acceptors (Lipinski definition) is 2. The molecular formula is C12H17NOS. The number of hydrogen-bond donors (Lipinski definition) is 1. The molecule has 1 aromatic rings. The van der Waals surface area contributed by atoms with Gasteiger partial charge in [0.25, 0.3) is 0 Å². The van der Waals surface area contributed by atoms with Crippen molar-refractivity contribution >= 4 is 23.4 Å². The van der Waals surface area contributed by atoms with Gasteiger partial charge in [-0.2, -0.15) is 0 Å². The first kappa shape index (κ1) is 12.1. The molecule has 0 atom stereocenters. The number of nitrogens with one attached hydrogen (secondary N) is 1. The maximum absolute atomic E-state index is 11.4. The van der Waals surface area contributed by atoms with Crippen molar-refractivity contribution in [3.63, 3.8) is 0 Å². The molecule has 0 heterocycles. The predicted octanol–water partition coefficient (Wildman–Crippen LogP) is 3.39. The molecule has 0 saturated carbocycles. The molecule has 0 spiro atoms. The minimum atomic E-state index is 0.0229. The fourth-order valence-electron chi connectivity index (χ4n) is 1.09. The number of anilines is 1. The lowest BCUT2D eigenvalue weighted by molar-refractivity contribution is -0.118. The molecule has 0 saturated heterocycles. The average molecular weight is 223 g/mol. The Kier molecular flexibility index (Phi) is 4.69. The predicted molar refractivity (Wildman–Crippen MR) is 66.3 cm³/mol. The second-order valence-electron chi connectivity index (χ2n) is 3.60. The number of benzene rings is 1. The second kappa shape index (κ2) is 5.81. The van der Waals surface area contributed by atoms with Crippen LogP contribution in [0.5, 0.6) is 0 Å². The van der Waals surface area contributed by atoms with Crippen molar-refractivity contribution in [3.8, 4) is 0 Å². The first-order valence-electron chi connectivity index (χ1n) is 5.17. The van der Waals surface area contributed by atoms with Crippen molar-refractivity contribution in [1.29, 1.82) is 0 Å². The van der Waals surface area contributed by atoms with E-state index in [1.54, 1.807) is 11.8 Å². The molecule has 1 aromatic carbocycles. The van der Waals surface area contributed by atoms with Crippen molar-refractivity contribution in [2.24, 2.45) is 5.92 Å². The Bertz CT molecular complexity index is 319. The van der Waals surface area contributed by atoms with Gasteiger partial charge in [-0.15, -0.1) is 11.8 Å². The van der Waals surface area contributed by atoms with Crippen LogP contribution in [-0.2, 0) is 4.79 Å². The van der Waals surface area contributed by atoms with Crippen LogP contribution in [0.15, 0.2) is 29.2 Å². The van der Waals surface area contributed by atoms with Crippen LogP contribution >= 0.6 is 11.8 Å². The smallest absolute Gasteiger partial charge is 0.226 e. The zero-order valence-corrected chi connectivity index (χ0v) is 10.2. The van der Waals surface area contributed by atoms with Gasteiger partial charge in [0.2, 0.25) is 5.91 Å². The minimum Gasteiger partial charge on any atom is -0.326 e. The van der Waals surface area contributed by atoms with E-state index >= 15 is 0 Å². The quantitative estimate of drug-likeness (QED) is 0.793. The monoisotopic (exact) mass is 223 g/mol. The maximum Gasteiger partial charge on any atom is 0.226 e. The lowest BCUT2D eigenvalue weighted by atomic mass is 10.2. The van der Waals surface area contributed by atoms with Crippen LogP contribution in [0.4, 0.5) is 5.69 Å². The lowest BCUT2D eigenvalue weighted by Gasteiger charge is -2.07. The first-order valence-corrected chi connectivity index (χ1v) is 6.15. The largest absolute Gasteiger partial charge is 0.326 e. The van der Waals surface area contributed by atoms with E-state index < -0.39 is 0 Å². The van der Waals surface area contributed by atoms with Crippen LogP contribution in [0, 0.1) is 5.92 Å². The van der Waals surface area contributed by atoms with Crippen molar-refractivity contribution in [2.45, 2.75) is 25.7 Å². The first-order chi connectivity index (χ1) is 7.13. The van der Waals surface area contributed by atoms with Gasteiger partial charge in [0, 0.05) is 16.5 Å². The normalized spacial score (nSPS) is 10.4. The molecule has 15 heavy (non-hydrogen) atoms. The highest BCUT2D eigenvalue weighted by atomic mass is 32.2. The standard InChI is InChI=1S/C12H17NOS/c1-4-15-11-7-5-10(6-8-11)13-12(14)9(2)3/h5-9H,4H2,1-3H3,(H,13,14). The van der Waals surface area contributed by atoms with Gasteiger partial charge in [0.1, 0.15) is 0 Å². The topological polar surface area (TPSA) is 29.1 Å². The van der Waals surface area contributed by atoms with E-state index in [-0.39, 0.29) is 11.8 Å². The summed E-state index contributed by atoms with van der Waals surface area (Å²) >= 11 is 1.80. The van der Waals surface area contributed by atoms with Gasteiger partial charge in [-0.25, -0.2) is 0 Å². The second-order valence-corrected chi connectivity index (χ2v) is 4.94. The van der Waals surface area contributed by atoms with Crippen molar-refractivity contribution < 1.29 is 4.79 Å². The van der Waals surface area contributed by atoms with E-state index in [0.717, 1.165) is 11.4 Å². The third-order valence-corrected chi connectivity index (χ3v) is 2.85. The van der Waals surface area contributed by atoms with Crippen molar-refractivity contribution in [3.05, 3.63) is 24.3 Å². The fraction of sp³-hybridized carbons (Fsp3) is 0.417. The summed E-state index contributed by atoms with van der Waals surface area (Å²) in [5.74, 6) is 1.15. The van der Waals surface area contributed by atoms with Crippen LogP contribution in [0.3, 0.4) is 0 Å². The Morgan fingerprint density at radius 2 is 1.93 bits per heavy atom. The van der Waals surface area contributed by atoms with Crippen molar-refractivity contribution in [2.75, 3.05) is 11.1 Å². The van der Waals surface area contributed by atoms with E-state index in [0.29, 0.717) is 0 Å². The van der Waals surface area contributed by atoms with Gasteiger partial charge >= 0.3 is 0 Å². The Morgan fingerprint density at radius 3 is 2.40 bits per heavy atom. The summed E-state index contributed by atoms with van der Waals surface area (Å²) in [5, 5.41) is 2.86. The number of thioether (sulfide) groups is 1. The SMILES string of the molecule is CCSc1ccc(NC(=O)C(C)C)cc1. The van der Waals surface area contributed by atoms with Gasteiger partial charge in [0.05, 0.1) is 0 Å². The van der Waals surface area contributed by atoms with E-state index in [1.807, 2.05) is 38.1 Å². The van der Waals surface area contributed by atoms with E-state index in [2.05, 4.69) is 12.2 Å². The summed E-state index contributed by atoms with van der Waals surface area (Å²) < 4.78 is 0. The average Bonchev–Trinajstić information content (AvgIpc) is 2.21. The Hall–Kier alpha value is -0.960. The molecule has 0 bridgehead atoms. The summed E-state index contributed by atoms with van der Waals surface area (Å²) in [6.45, 7) is 5.90. The summed E-state index contributed by atoms with van der Waals surface area (Å²) in [7, 11) is 0. The van der Waals surface area contributed by atoms with E-state index in [4.69, 9.17) is 0 Å². The van der Waals surface area contributed by atoms with Gasteiger partial charge in [0.15, 0.2) is 0 Å². The Labute approximate surface area is 95.5 Å². The molecule has 2 nitrogen and oxygen atoms in total. The van der Waals surface area contributed by atoms with Crippen LogP contribution in [0.2, 0.25) is 0 Å². The summed E-state index contributed by atoms with van der Waals surface area (Å²) in [4.78, 5) is 12.6. The molecule has 3 heteroatoms. The number of carbonyl (C=O) groups is 1. The van der Waals surface area contributed by atoms with E-state index in [1.165, 1.54) is 4.90 Å². The fourth-order valence-corrected chi connectivity index (χ4v) is 1.75. The molecule has 0 aliphatic rings. The lowest BCUT2D eigenvalue weighted by Crippen LogP contribution is -2.17. The highest BCUT2D eigenvalue weighted by Crippen LogP contribution is 2.19. The third-order valence-electron chi connectivity index (χ3n) is 1.96. The van der Waals surface area contributed by atoms with E-state index in [9.17, 15) is 4.79 Å². The molecule has 1 amide bonds. The highest BCUT2D eigenvalue weighted by molar-refractivity contribution is 7.99. The number of rotatable bonds is 4. The number of carbonyl (C=O) groups excluding carboxylic acids is 1. The van der Waals surface area contributed by atoms with Gasteiger partial charge in [-0.1, -0.05) is 20.8 Å². The Balaban J connectivity index is 2.60. The molecule has 0 aliphatic carbocycles. The maximum atomic E-state index is 11.4. The molecule has 0 radical (unpaired) electrons. The molecular weight excluding hydrogens is 206 g/mol. The molecule has 0 fully saturated rings. The molecule has 1 rings (SSSR count). The van der Waals surface area contributed by atoms with Crippen LogP contribution in [0.1, 0.15) is 20.8 Å². The van der Waals surface area contributed by atoms with Crippen LogP contribution in [-0.4, -0.2) is 11.7 Å². The van der Waals surface area contributed by atoms with Crippen LogP contribution in [0.25, 0.3) is 0 Å². The summed E-state index contributed by atoms with van der Waals surface area (Å²) in [6.07, 6.45) is 0. The van der Waals surface area contributed by atoms with Crippen LogP contribution < -0.4 is 5.32 Å². The van der Waals surface area contributed by atoms with Crippen molar-refractivity contribution in [1.82, 2.24) is 0 Å². The number of amides is 1. The van der Waals surface area contributed by atoms with Gasteiger partial charge < -0.3 is 5.32 Å². The minimum absolute atomic E-state index is 0.0229. The molecule has 82 valence electrons. The molecule has 0 unspecified atom stereocenters. The Morgan fingerprint density at radius 1 is 1.33 bits per heavy atom. The van der Waals surface area contributed by atoms with Gasteiger partial charge in [-0.3, -0.25) is 4.79 Å². The third kappa shape index (κ3) is 3.96. The zero-order chi connectivity index (χ0) is 11.3. The zero-order valence-electron chi connectivity index (χ0n) is 9.41. The highest BCUT2D eigenvalue weighted by Gasteiger charge is 2.06. The molecule has 1 N–H and O–H groups in total. The van der Waals surface area contributed by atoms with Gasteiger partial charge in [-0.05, 0) is 30.0 Å².